The van der Waals surface area contributed by atoms with E-state index in [-0.39, 0.29) is 11.4 Å². The summed E-state index contributed by atoms with van der Waals surface area (Å²) in [6.07, 6.45) is 0. The zero-order valence-electron chi connectivity index (χ0n) is 10.7. The molecule has 104 valence electrons. The van der Waals surface area contributed by atoms with Gasteiger partial charge in [0.25, 0.3) is 5.69 Å². The van der Waals surface area contributed by atoms with Crippen molar-refractivity contribution in [2.75, 3.05) is 18.5 Å². The zero-order chi connectivity index (χ0) is 14.4. The molecule has 6 nitrogen and oxygen atoms in total. The number of benzene rings is 2. The lowest BCUT2D eigenvalue weighted by Crippen LogP contribution is -2.12. The average Bonchev–Trinajstić information content (AvgIpc) is 2.45. The van der Waals surface area contributed by atoms with E-state index in [4.69, 9.17) is 4.74 Å². The van der Waals surface area contributed by atoms with Crippen LogP contribution in [0.3, 0.4) is 0 Å². The molecule has 0 fully saturated rings. The molecular formula is C14H14N2O4. The van der Waals surface area contributed by atoms with Crippen molar-refractivity contribution in [3.8, 4) is 11.5 Å². The van der Waals surface area contributed by atoms with Crippen LogP contribution in [0.4, 0.5) is 11.4 Å². The van der Waals surface area contributed by atoms with Gasteiger partial charge in [0.1, 0.15) is 23.8 Å². The van der Waals surface area contributed by atoms with E-state index in [1.165, 1.54) is 12.1 Å². The van der Waals surface area contributed by atoms with Crippen LogP contribution in [0, 0.1) is 10.1 Å². The molecule has 0 aromatic heterocycles. The molecule has 0 aliphatic carbocycles. The first-order valence-electron chi connectivity index (χ1n) is 6.06. The highest BCUT2D eigenvalue weighted by molar-refractivity contribution is 5.63. The first kappa shape index (κ1) is 13.7. The molecule has 2 rings (SSSR count). The minimum absolute atomic E-state index is 0.136. The SMILES string of the molecule is O=[N+]([O-])c1cc(O)ccc1NCCOc1ccccc1. The summed E-state index contributed by atoms with van der Waals surface area (Å²) in [6.45, 7) is 0.794. The molecule has 0 saturated heterocycles. The van der Waals surface area contributed by atoms with Gasteiger partial charge in [0.05, 0.1) is 11.0 Å². The van der Waals surface area contributed by atoms with E-state index in [0.29, 0.717) is 18.8 Å². The van der Waals surface area contributed by atoms with Gasteiger partial charge in [-0.15, -0.1) is 0 Å². The van der Waals surface area contributed by atoms with E-state index in [0.717, 1.165) is 11.8 Å². The van der Waals surface area contributed by atoms with Gasteiger partial charge in [-0.25, -0.2) is 0 Å². The standard InChI is InChI=1S/C14H14N2O4/c17-11-6-7-13(14(10-11)16(18)19)15-8-9-20-12-4-2-1-3-5-12/h1-7,10,15,17H,8-9H2. The van der Waals surface area contributed by atoms with E-state index in [1.807, 2.05) is 30.3 Å². The van der Waals surface area contributed by atoms with Crippen LogP contribution in [-0.2, 0) is 0 Å². The molecule has 0 unspecified atom stereocenters. The van der Waals surface area contributed by atoms with Gasteiger partial charge in [0, 0.05) is 6.54 Å². The van der Waals surface area contributed by atoms with Crippen molar-refractivity contribution < 1.29 is 14.8 Å². The number of phenolic OH excluding ortho intramolecular Hbond substituents is 1. The molecule has 0 heterocycles. The summed E-state index contributed by atoms with van der Waals surface area (Å²) in [4.78, 5) is 10.3. The van der Waals surface area contributed by atoms with Gasteiger partial charge in [0.2, 0.25) is 0 Å². The zero-order valence-corrected chi connectivity index (χ0v) is 10.7. The summed E-state index contributed by atoms with van der Waals surface area (Å²) >= 11 is 0. The second kappa shape index (κ2) is 6.42. The van der Waals surface area contributed by atoms with Crippen LogP contribution in [0.1, 0.15) is 0 Å². The van der Waals surface area contributed by atoms with E-state index in [2.05, 4.69) is 5.32 Å². The Hall–Kier alpha value is -2.76. The Labute approximate surface area is 115 Å². The minimum Gasteiger partial charge on any atom is -0.508 e. The molecule has 2 aromatic rings. The molecule has 0 spiro atoms. The summed E-state index contributed by atoms with van der Waals surface area (Å²) in [5.41, 5.74) is 0.189. The topological polar surface area (TPSA) is 84.6 Å². The van der Waals surface area contributed by atoms with Gasteiger partial charge in [-0.05, 0) is 24.3 Å². The number of nitro benzene ring substituents is 1. The lowest BCUT2D eigenvalue weighted by atomic mass is 10.2. The van der Waals surface area contributed by atoms with E-state index in [1.54, 1.807) is 0 Å². The quantitative estimate of drug-likeness (QED) is 0.366. The maximum Gasteiger partial charge on any atom is 0.296 e. The Morgan fingerprint density at radius 2 is 1.95 bits per heavy atom. The molecule has 2 N–H and O–H groups in total. The summed E-state index contributed by atoms with van der Waals surface area (Å²) < 4.78 is 5.47. The van der Waals surface area contributed by atoms with Gasteiger partial charge in [-0.1, -0.05) is 18.2 Å². The van der Waals surface area contributed by atoms with Crippen molar-refractivity contribution in [1.29, 1.82) is 0 Å². The van der Waals surface area contributed by atoms with Crippen molar-refractivity contribution in [3.05, 3.63) is 58.6 Å². The van der Waals surface area contributed by atoms with Crippen LogP contribution in [0.25, 0.3) is 0 Å². The summed E-state index contributed by atoms with van der Waals surface area (Å²) in [7, 11) is 0. The summed E-state index contributed by atoms with van der Waals surface area (Å²) in [5, 5.41) is 23.0. The highest BCUT2D eigenvalue weighted by atomic mass is 16.6. The Balaban J connectivity index is 1.90. The minimum atomic E-state index is -0.542. The van der Waals surface area contributed by atoms with Gasteiger partial charge < -0.3 is 15.2 Å². The van der Waals surface area contributed by atoms with Crippen molar-refractivity contribution in [2.45, 2.75) is 0 Å². The molecule has 0 saturated carbocycles. The van der Waals surface area contributed by atoms with Crippen LogP contribution in [0.2, 0.25) is 0 Å². The Morgan fingerprint density at radius 3 is 2.65 bits per heavy atom. The fourth-order valence-corrected chi connectivity index (χ4v) is 1.69. The number of anilines is 1. The van der Waals surface area contributed by atoms with Crippen molar-refractivity contribution in [1.82, 2.24) is 0 Å². The van der Waals surface area contributed by atoms with E-state index in [9.17, 15) is 15.2 Å². The molecule has 0 radical (unpaired) electrons. The van der Waals surface area contributed by atoms with Crippen molar-refractivity contribution >= 4 is 11.4 Å². The molecule has 0 atom stereocenters. The third-order valence-electron chi connectivity index (χ3n) is 2.61. The smallest absolute Gasteiger partial charge is 0.296 e. The van der Waals surface area contributed by atoms with Gasteiger partial charge in [-0.2, -0.15) is 0 Å². The number of rotatable bonds is 6. The number of aromatic hydroxyl groups is 1. The van der Waals surface area contributed by atoms with Crippen LogP contribution in [0.15, 0.2) is 48.5 Å². The Morgan fingerprint density at radius 1 is 1.20 bits per heavy atom. The highest BCUT2D eigenvalue weighted by Crippen LogP contribution is 2.28. The van der Waals surface area contributed by atoms with Crippen LogP contribution < -0.4 is 10.1 Å². The highest BCUT2D eigenvalue weighted by Gasteiger charge is 2.13. The molecule has 6 heteroatoms. The second-order valence-electron chi connectivity index (χ2n) is 4.05. The van der Waals surface area contributed by atoms with Gasteiger partial charge in [0.15, 0.2) is 0 Å². The number of nitro groups is 1. The second-order valence-corrected chi connectivity index (χ2v) is 4.05. The van der Waals surface area contributed by atoms with Crippen LogP contribution >= 0.6 is 0 Å². The van der Waals surface area contributed by atoms with Crippen LogP contribution in [0.5, 0.6) is 11.5 Å². The Bertz CT molecular complexity index is 587. The molecular weight excluding hydrogens is 260 g/mol. The number of nitrogens with one attached hydrogen (secondary N) is 1. The number of nitrogens with zero attached hydrogens (tertiary/aromatic N) is 1. The number of para-hydroxylation sites is 1. The van der Waals surface area contributed by atoms with Crippen LogP contribution in [-0.4, -0.2) is 23.2 Å². The third kappa shape index (κ3) is 3.61. The number of hydrogen-bond acceptors (Lipinski definition) is 5. The maximum atomic E-state index is 10.9. The summed E-state index contributed by atoms with van der Waals surface area (Å²) in [5.74, 6) is 0.609. The molecule has 0 aliphatic heterocycles. The fraction of sp³-hybridized carbons (Fsp3) is 0.143. The molecule has 0 amide bonds. The monoisotopic (exact) mass is 274 g/mol. The van der Waals surface area contributed by atoms with E-state index < -0.39 is 4.92 Å². The molecule has 2 aromatic carbocycles. The first-order valence-corrected chi connectivity index (χ1v) is 6.06. The predicted octanol–water partition coefficient (Wildman–Crippen LogP) is 2.79. The Kier molecular flexibility index (Phi) is 4.39. The lowest BCUT2D eigenvalue weighted by Gasteiger charge is -2.09. The summed E-state index contributed by atoms with van der Waals surface area (Å²) in [6, 6.07) is 13.3. The lowest BCUT2D eigenvalue weighted by molar-refractivity contribution is -0.384. The van der Waals surface area contributed by atoms with Crippen molar-refractivity contribution in [3.63, 3.8) is 0 Å². The normalized spacial score (nSPS) is 10.0. The van der Waals surface area contributed by atoms with Crippen molar-refractivity contribution in [2.24, 2.45) is 0 Å². The number of hydrogen-bond donors (Lipinski definition) is 2. The number of ether oxygens (including phenoxy) is 1. The largest absolute Gasteiger partial charge is 0.508 e. The number of phenols is 1. The van der Waals surface area contributed by atoms with Gasteiger partial charge in [-0.3, -0.25) is 10.1 Å². The molecule has 0 bridgehead atoms. The first-order chi connectivity index (χ1) is 9.66. The maximum absolute atomic E-state index is 10.9. The third-order valence-corrected chi connectivity index (χ3v) is 2.61. The van der Waals surface area contributed by atoms with E-state index >= 15 is 0 Å². The molecule has 20 heavy (non-hydrogen) atoms. The van der Waals surface area contributed by atoms with Gasteiger partial charge >= 0.3 is 0 Å². The fourth-order valence-electron chi connectivity index (χ4n) is 1.69. The molecule has 0 aliphatic rings. The average molecular weight is 274 g/mol. The predicted molar refractivity (Wildman–Crippen MR) is 75.2 cm³/mol.